The molecule has 2 atom stereocenters. The Morgan fingerprint density at radius 2 is 1.77 bits per heavy atom. The summed E-state index contributed by atoms with van der Waals surface area (Å²) in [5.41, 5.74) is 2.07. The van der Waals surface area contributed by atoms with E-state index in [1.807, 2.05) is 29.2 Å². The molecule has 0 aliphatic carbocycles. The molecule has 0 unspecified atom stereocenters. The monoisotopic (exact) mass is 296 g/mol. The van der Waals surface area contributed by atoms with Crippen molar-refractivity contribution in [1.29, 1.82) is 0 Å². The Balaban J connectivity index is 1.54. The van der Waals surface area contributed by atoms with Crippen LogP contribution in [-0.2, 0) is 0 Å². The van der Waals surface area contributed by atoms with E-state index in [9.17, 15) is 4.79 Å². The van der Waals surface area contributed by atoms with Crippen LogP contribution in [0.25, 0.3) is 11.0 Å². The van der Waals surface area contributed by atoms with Gasteiger partial charge in [-0.1, -0.05) is 12.1 Å². The third-order valence-corrected chi connectivity index (χ3v) is 4.97. The van der Waals surface area contributed by atoms with Crippen LogP contribution >= 0.6 is 0 Å². The summed E-state index contributed by atoms with van der Waals surface area (Å²) >= 11 is 0. The minimum Gasteiger partial charge on any atom is -0.337 e. The topological polar surface area (TPSA) is 58.1 Å². The van der Waals surface area contributed by atoms with E-state index in [-0.39, 0.29) is 5.91 Å². The van der Waals surface area contributed by atoms with Crippen LogP contribution in [0.5, 0.6) is 0 Å². The standard InChI is InChI=1S/C17H20N4O/c22-17(16-11-19-14-3-1-2-4-15(14)20-16)21-7-5-12-9-18-10-13(12)6-8-21/h1-4,11-13,18H,5-10H2/t12-,13+. The lowest BCUT2D eigenvalue weighted by Gasteiger charge is -2.20. The first-order valence-corrected chi connectivity index (χ1v) is 8.03. The number of para-hydroxylation sites is 2. The van der Waals surface area contributed by atoms with Crippen LogP contribution in [0, 0.1) is 11.8 Å². The van der Waals surface area contributed by atoms with E-state index < -0.39 is 0 Å². The molecule has 2 fully saturated rings. The molecular formula is C17H20N4O. The van der Waals surface area contributed by atoms with Gasteiger partial charge in [-0.25, -0.2) is 4.98 Å². The van der Waals surface area contributed by atoms with Gasteiger partial charge in [-0.3, -0.25) is 9.78 Å². The fourth-order valence-corrected chi connectivity index (χ4v) is 3.64. The first-order chi connectivity index (χ1) is 10.8. The highest BCUT2D eigenvalue weighted by molar-refractivity contribution is 5.93. The first-order valence-electron chi connectivity index (χ1n) is 8.03. The van der Waals surface area contributed by atoms with Gasteiger partial charge in [0.2, 0.25) is 0 Å². The zero-order chi connectivity index (χ0) is 14.9. The molecule has 4 rings (SSSR count). The fraction of sp³-hybridized carbons (Fsp3) is 0.471. The van der Waals surface area contributed by atoms with Crippen LogP contribution in [0.3, 0.4) is 0 Å². The molecule has 0 bridgehead atoms. The third kappa shape index (κ3) is 2.46. The van der Waals surface area contributed by atoms with E-state index in [0.717, 1.165) is 61.9 Å². The highest BCUT2D eigenvalue weighted by Crippen LogP contribution is 2.27. The predicted molar refractivity (Wildman–Crippen MR) is 84.5 cm³/mol. The van der Waals surface area contributed by atoms with Crippen molar-refractivity contribution >= 4 is 16.9 Å². The Hall–Kier alpha value is -2.01. The molecule has 22 heavy (non-hydrogen) atoms. The molecule has 2 aliphatic rings. The number of amides is 1. The van der Waals surface area contributed by atoms with Crippen molar-refractivity contribution in [2.24, 2.45) is 11.8 Å². The Morgan fingerprint density at radius 1 is 1.09 bits per heavy atom. The number of rotatable bonds is 1. The van der Waals surface area contributed by atoms with Gasteiger partial charge in [-0.05, 0) is 49.9 Å². The van der Waals surface area contributed by atoms with Crippen molar-refractivity contribution < 1.29 is 4.79 Å². The van der Waals surface area contributed by atoms with Crippen molar-refractivity contribution in [3.05, 3.63) is 36.2 Å². The quantitative estimate of drug-likeness (QED) is 0.870. The Kier molecular flexibility index (Phi) is 3.50. The molecule has 5 nitrogen and oxygen atoms in total. The second-order valence-corrected chi connectivity index (χ2v) is 6.29. The minimum absolute atomic E-state index is 0.0196. The number of likely N-dealkylation sites (tertiary alicyclic amines) is 1. The van der Waals surface area contributed by atoms with E-state index in [1.165, 1.54) is 0 Å². The van der Waals surface area contributed by atoms with Gasteiger partial charge in [-0.2, -0.15) is 0 Å². The largest absolute Gasteiger partial charge is 0.337 e. The van der Waals surface area contributed by atoms with E-state index in [0.29, 0.717) is 5.69 Å². The number of hydrogen-bond acceptors (Lipinski definition) is 4. The van der Waals surface area contributed by atoms with Gasteiger partial charge < -0.3 is 10.2 Å². The molecule has 1 N–H and O–H groups in total. The summed E-state index contributed by atoms with van der Waals surface area (Å²) in [6.07, 6.45) is 3.78. The Bertz CT molecular complexity index is 688. The van der Waals surface area contributed by atoms with Gasteiger partial charge in [0.05, 0.1) is 17.2 Å². The molecule has 0 radical (unpaired) electrons. The molecule has 0 saturated carbocycles. The van der Waals surface area contributed by atoms with Gasteiger partial charge in [0.1, 0.15) is 5.69 Å². The fourth-order valence-electron chi connectivity index (χ4n) is 3.64. The molecule has 2 aliphatic heterocycles. The van der Waals surface area contributed by atoms with Crippen LogP contribution < -0.4 is 5.32 Å². The highest BCUT2D eigenvalue weighted by Gasteiger charge is 2.32. The second kappa shape index (κ2) is 5.65. The van der Waals surface area contributed by atoms with Crippen LogP contribution in [0.2, 0.25) is 0 Å². The van der Waals surface area contributed by atoms with E-state index in [2.05, 4.69) is 15.3 Å². The lowest BCUT2D eigenvalue weighted by molar-refractivity contribution is 0.0752. The van der Waals surface area contributed by atoms with Crippen LogP contribution in [0.15, 0.2) is 30.5 Å². The normalized spacial score (nSPS) is 25.0. The second-order valence-electron chi connectivity index (χ2n) is 6.29. The summed E-state index contributed by atoms with van der Waals surface area (Å²) in [6.45, 7) is 3.86. The molecule has 2 saturated heterocycles. The summed E-state index contributed by atoms with van der Waals surface area (Å²) in [7, 11) is 0. The van der Waals surface area contributed by atoms with Gasteiger partial charge in [0.25, 0.3) is 5.91 Å². The number of hydrogen-bond donors (Lipinski definition) is 1. The lowest BCUT2D eigenvalue weighted by Crippen LogP contribution is -2.33. The molecule has 1 aromatic heterocycles. The van der Waals surface area contributed by atoms with Gasteiger partial charge in [0, 0.05) is 13.1 Å². The molecule has 3 heterocycles. The maximum absolute atomic E-state index is 12.7. The van der Waals surface area contributed by atoms with Gasteiger partial charge in [0.15, 0.2) is 0 Å². The lowest BCUT2D eigenvalue weighted by atomic mass is 9.92. The number of carbonyl (C=O) groups is 1. The van der Waals surface area contributed by atoms with E-state index in [1.54, 1.807) is 6.20 Å². The molecule has 114 valence electrons. The van der Waals surface area contributed by atoms with Crippen molar-refractivity contribution in [1.82, 2.24) is 20.2 Å². The number of benzene rings is 1. The van der Waals surface area contributed by atoms with Crippen molar-refractivity contribution in [2.45, 2.75) is 12.8 Å². The van der Waals surface area contributed by atoms with E-state index >= 15 is 0 Å². The van der Waals surface area contributed by atoms with Crippen molar-refractivity contribution in [3.8, 4) is 0 Å². The number of carbonyl (C=O) groups excluding carboxylic acids is 1. The molecule has 2 aromatic rings. The average molecular weight is 296 g/mol. The average Bonchev–Trinajstić information content (AvgIpc) is 2.92. The summed E-state index contributed by atoms with van der Waals surface area (Å²) < 4.78 is 0. The summed E-state index contributed by atoms with van der Waals surface area (Å²) in [4.78, 5) is 23.5. The Morgan fingerprint density at radius 3 is 2.50 bits per heavy atom. The summed E-state index contributed by atoms with van der Waals surface area (Å²) in [5, 5.41) is 3.46. The number of aromatic nitrogens is 2. The highest BCUT2D eigenvalue weighted by atomic mass is 16.2. The summed E-state index contributed by atoms with van der Waals surface area (Å²) in [5.74, 6) is 1.46. The number of nitrogens with zero attached hydrogens (tertiary/aromatic N) is 3. The van der Waals surface area contributed by atoms with E-state index in [4.69, 9.17) is 0 Å². The Labute approximate surface area is 129 Å². The minimum atomic E-state index is 0.0196. The summed E-state index contributed by atoms with van der Waals surface area (Å²) in [6, 6.07) is 7.67. The molecule has 0 spiro atoms. The number of fused-ring (bicyclic) bond motifs is 2. The van der Waals surface area contributed by atoms with Gasteiger partial charge in [-0.15, -0.1) is 0 Å². The zero-order valence-corrected chi connectivity index (χ0v) is 12.5. The van der Waals surface area contributed by atoms with Crippen molar-refractivity contribution in [2.75, 3.05) is 26.2 Å². The predicted octanol–water partition coefficient (Wildman–Crippen LogP) is 1.70. The maximum Gasteiger partial charge on any atom is 0.274 e. The molecular weight excluding hydrogens is 276 g/mol. The SMILES string of the molecule is O=C(c1cnc2ccccc2n1)N1CC[C@@H]2CNC[C@@H]2CC1. The molecule has 1 aromatic carbocycles. The zero-order valence-electron chi connectivity index (χ0n) is 12.5. The molecule has 5 heteroatoms. The maximum atomic E-state index is 12.7. The van der Waals surface area contributed by atoms with Crippen LogP contribution in [0.1, 0.15) is 23.3 Å². The smallest absolute Gasteiger partial charge is 0.274 e. The molecule has 1 amide bonds. The number of nitrogens with one attached hydrogen (secondary N) is 1. The van der Waals surface area contributed by atoms with Gasteiger partial charge >= 0.3 is 0 Å². The first kappa shape index (κ1) is 13.6. The van der Waals surface area contributed by atoms with Crippen LogP contribution in [0.4, 0.5) is 0 Å². The third-order valence-electron chi connectivity index (χ3n) is 4.97. The van der Waals surface area contributed by atoms with Crippen LogP contribution in [-0.4, -0.2) is 47.0 Å². The van der Waals surface area contributed by atoms with Crippen molar-refractivity contribution in [3.63, 3.8) is 0 Å².